The third-order valence-electron chi connectivity index (χ3n) is 2.00. The van der Waals surface area contributed by atoms with Crippen LogP contribution in [0.25, 0.3) is 6.08 Å². The Bertz CT molecular complexity index is 339. The van der Waals surface area contributed by atoms with Crippen LogP contribution in [0.15, 0.2) is 30.0 Å². The number of aryl methyl sites for hydroxylation is 2. The second-order valence-electron chi connectivity index (χ2n) is 3.28. The second-order valence-corrected chi connectivity index (χ2v) is 3.28. The molecule has 0 heteroatoms. The highest BCUT2D eigenvalue weighted by Gasteiger charge is 1.92. The summed E-state index contributed by atoms with van der Waals surface area (Å²) in [6.07, 6.45) is 5.13. The van der Waals surface area contributed by atoms with Crippen LogP contribution < -0.4 is 0 Å². The van der Waals surface area contributed by atoms with Gasteiger partial charge in [0.15, 0.2) is 0 Å². The smallest absolute Gasteiger partial charge is 0.0128 e. The van der Waals surface area contributed by atoms with Gasteiger partial charge in [0.25, 0.3) is 0 Å². The van der Waals surface area contributed by atoms with Gasteiger partial charge in [0, 0.05) is 0 Å². The number of hydrogen-bond donors (Lipinski definition) is 0. The first-order valence-electron chi connectivity index (χ1n) is 4.72. The summed E-state index contributed by atoms with van der Waals surface area (Å²) in [6.45, 7) is 6.35. The van der Waals surface area contributed by atoms with Gasteiger partial charge in [0.05, 0.1) is 0 Å². The molecule has 0 radical (unpaired) electrons. The Labute approximate surface area is 80.6 Å². The van der Waals surface area contributed by atoms with Crippen molar-refractivity contribution in [3.8, 4) is 0 Å². The molecule has 0 bridgehead atoms. The summed E-state index contributed by atoms with van der Waals surface area (Å²) in [4.78, 5) is 0. The molecule has 1 aromatic carbocycles. The van der Waals surface area contributed by atoms with Crippen molar-refractivity contribution < 1.29 is 0 Å². The van der Waals surface area contributed by atoms with Crippen molar-refractivity contribution in [2.75, 3.05) is 0 Å². The molecule has 0 saturated heterocycles. The van der Waals surface area contributed by atoms with Crippen molar-refractivity contribution in [2.45, 2.75) is 27.2 Å². The van der Waals surface area contributed by atoms with Crippen molar-refractivity contribution in [3.63, 3.8) is 0 Å². The summed E-state index contributed by atoms with van der Waals surface area (Å²) in [5, 5.41) is 0. The Morgan fingerprint density at radius 1 is 1.31 bits per heavy atom. The molecule has 68 valence electrons. The Hall–Kier alpha value is -1.26. The van der Waals surface area contributed by atoms with Crippen LogP contribution in [-0.4, -0.2) is 0 Å². The van der Waals surface area contributed by atoms with Crippen LogP contribution >= 0.6 is 0 Å². The van der Waals surface area contributed by atoms with Crippen molar-refractivity contribution >= 4 is 6.08 Å². The fourth-order valence-electron chi connectivity index (χ4n) is 1.18. The highest BCUT2D eigenvalue weighted by atomic mass is 14.0. The van der Waals surface area contributed by atoms with E-state index in [1.165, 1.54) is 16.7 Å². The Morgan fingerprint density at radius 3 is 2.77 bits per heavy atom. The standard InChI is InChI=1S/C13H16/c1-4-5-6-7-13-10-11(2)8-9-12(13)3/h5,7-10H,4H2,1-3H3. The summed E-state index contributed by atoms with van der Waals surface area (Å²) < 4.78 is 0. The minimum absolute atomic E-state index is 1.04. The lowest BCUT2D eigenvalue weighted by Gasteiger charge is -1.99. The van der Waals surface area contributed by atoms with Gasteiger partial charge in [-0.1, -0.05) is 30.7 Å². The molecule has 0 amide bonds. The molecular formula is C13H16. The molecule has 0 fully saturated rings. The lowest BCUT2D eigenvalue weighted by Crippen LogP contribution is -1.80. The van der Waals surface area contributed by atoms with Gasteiger partial charge < -0.3 is 0 Å². The maximum Gasteiger partial charge on any atom is -0.0128 e. The Balaban J connectivity index is 3.00. The first kappa shape index (κ1) is 9.83. The fraction of sp³-hybridized carbons (Fsp3) is 0.308. The van der Waals surface area contributed by atoms with E-state index in [1.807, 2.05) is 12.2 Å². The SMILES string of the molecule is CCC=C=Cc1cc(C)ccc1C. The summed E-state index contributed by atoms with van der Waals surface area (Å²) in [5.41, 5.74) is 7.05. The summed E-state index contributed by atoms with van der Waals surface area (Å²) in [6, 6.07) is 6.47. The zero-order valence-electron chi connectivity index (χ0n) is 8.59. The number of hydrogen-bond acceptors (Lipinski definition) is 0. The lowest BCUT2D eigenvalue weighted by molar-refractivity contribution is 1.23. The number of allylic oxidation sites excluding steroid dienone is 1. The molecule has 0 spiro atoms. The van der Waals surface area contributed by atoms with Crippen LogP contribution in [0, 0.1) is 13.8 Å². The molecule has 13 heavy (non-hydrogen) atoms. The molecule has 0 aromatic heterocycles. The van der Waals surface area contributed by atoms with E-state index < -0.39 is 0 Å². The van der Waals surface area contributed by atoms with E-state index in [2.05, 4.69) is 44.7 Å². The largest absolute Gasteiger partial charge is 0.125 e. The predicted octanol–water partition coefficient (Wildman–Crippen LogP) is 3.88. The van der Waals surface area contributed by atoms with Gasteiger partial charge in [-0.15, -0.1) is 5.73 Å². The van der Waals surface area contributed by atoms with E-state index >= 15 is 0 Å². The molecule has 0 N–H and O–H groups in total. The Morgan fingerprint density at radius 2 is 2.08 bits per heavy atom. The molecule has 0 nitrogen and oxygen atoms in total. The third kappa shape index (κ3) is 2.93. The molecular weight excluding hydrogens is 156 g/mol. The number of rotatable bonds is 2. The second kappa shape index (κ2) is 4.69. The highest BCUT2D eigenvalue weighted by molar-refractivity contribution is 5.54. The first-order valence-corrected chi connectivity index (χ1v) is 4.72. The van der Waals surface area contributed by atoms with E-state index in [0.717, 1.165) is 6.42 Å². The highest BCUT2D eigenvalue weighted by Crippen LogP contribution is 2.11. The van der Waals surface area contributed by atoms with Crippen molar-refractivity contribution in [2.24, 2.45) is 0 Å². The average Bonchev–Trinajstić information content (AvgIpc) is 2.11. The third-order valence-corrected chi connectivity index (χ3v) is 2.00. The quantitative estimate of drug-likeness (QED) is 0.594. The molecule has 1 aromatic rings. The summed E-state index contributed by atoms with van der Waals surface area (Å²) in [7, 11) is 0. The van der Waals surface area contributed by atoms with E-state index in [-0.39, 0.29) is 0 Å². The molecule has 0 aliphatic carbocycles. The molecule has 0 unspecified atom stereocenters. The average molecular weight is 172 g/mol. The monoisotopic (exact) mass is 172 g/mol. The maximum atomic E-state index is 3.17. The van der Waals surface area contributed by atoms with Gasteiger partial charge in [-0.3, -0.25) is 0 Å². The van der Waals surface area contributed by atoms with Gasteiger partial charge in [-0.25, -0.2) is 0 Å². The topological polar surface area (TPSA) is 0 Å². The van der Waals surface area contributed by atoms with E-state index in [4.69, 9.17) is 0 Å². The predicted molar refractivity (Wildman–Crippen MR) is 58.8 cm³/mol. The van der Waals surface area contributed by atoms with Crippen LogP contribution in [0.2, 0.25) is 0 Å². The van der Waals surface area contributed by atoms with Gasteiger partial charge in [-0.05, 0) is 43.5 Å². The minimum atomic E-state index is 1.04. The van der Waals surface area contributed by atoms with Gasteiger partial charge in [0.1, 0.15) is 0 Å². The van der Waals surface area contributed by atoms with Gasteiger partial charge >= 0.3 is 0 Å². The van der Waals surface area contributed by atoms with Crippen molar-refractivity contribution in [1.82, 2.24) is 0 Å². The molecule has 0 saturated carbocycles. The molecule has 0 aliphatic heterocycles. The van der Waals surface area contributed by atoms with Gasteiger partial charge in [0.2, 0.25) is 0 Å². The zero-order chi connectivity index (χ0) is 9.68. The van der Waals surface area contributed by atoms with Crippen LogP contribution in [0.1, 0.15) is 30.0 Å². The normalized spacial score (nSPS) is 9.15. The van der Waals surface area contributed by atoms with E-state index in [1.54, 1.807) is 0 Å². The summed E-state index contributed by atoms with van der Waals surface area (Å²) in [5.74, 6) is 0. The molecule has 0 atom stereocenters. The van der Waals surface area contributed by atoms with E-state index in [9.17, 15) is 0 Å². The van der Waals surface area contributed by atoms with E-state index in [0.29, 0.717) is 0 Å². The molecule has 0 heterocycles. The van der Waals surface area contributed by atoms with Crippen molar-refractivity contribution in [3.05, 3.63) is 46.7 Å². The molecule has 1 rings (SSSR count). The molecule has 0 aliphatic rings. The summed E-state index contributed by atoms with van der Waals surface area (Å²) >= 11 is 0. The maximum absolute atomic E-state index is 3.17. The van der Waals surface area contributed by atoms with Gasteiger partial charge in [-0.2, -0.15) is 0 Å². The first-order chi connectivity index (χ1) is 6.24. The lowest BCUT2D eigenvalue weighted by atomic mass is 10.1. The van der Waals surface area contributed by atoms with Crippen LogP contribution in [0.5, 0.6) is 0 Å². The fourth-order valence-corrected chi connectivity index (χ4v) is 1.18. The zero-order valence-corrected chi connectivity index (χ0v) is 8.59. The van der Waals surface area contributed by atoms with Crippen LogP contribution in [0.4, 0.5) is 0 Å². The number of benzene rings is 1. The van der Waals surface area contributed by atoms with Crippen molar-refractivity contribution in [1.29, 1.82) is 0 Å². The van der Waals surface area contributed by atoms with Crippen LogP contribution in [0.3, 0.4) is 0 Å². The Kier molecular flexibility index (Phi) is 3.54. The minimum Gasteiger partial charge on any atom is -0.125 e. The van der Waals surface area contributed by atoms with Crippen LogP contribution in [-0.2, 0) is 0 Å².